The Morgan fingerprint density at radius 2 is 1.64 bits per heavy atom. The van der Waals surface area contributed by atoms with Crippen LogP contribution in [-0.4, -0.2) is 38.3 Å². The monoisotopic (exact) mass is 484 g/mol. The molecule has 170 valence electrons. The van der Waals surface area contributed by atoms with Gasteiger partial charge in [0.15, 0.2) is 10.8 Å². The molecule has 9 heteroatoms. The highest BCUT2D eigenvalue weighted by Gasteiger charge is 2.39. The van der Waals surface area contributed by atoms with Crippen LogP contribution in [-0.2, 0) is 4.74 Å². The Morgan fingerprint density at radius 1 is 0.970 bits per heavy atom. The van der Waals surface area contributed by atoms with E-state index in [1.165, 1.54) is 11.1 Å². The second kappa shape index (κ2) is 9.17. The number of fused-ring (bicyclic) bond motifs is 1. The van der Waals surface area contributed by atoms with Crippen molar-refractivity contribution in [1.82, 2.24) is 19.5 Å². The van der Waals surface area contributed by atoms with Crippen LogP contribution in [0, 0.1) is 13.8 Å². The zero-order valence-electron chi connectivity index (χ0n) is 18.1. The van der Waals surface area contributed by atoms with Crippen LogP contribution in [0.5, 0.6) is 11.5 Å². The number of hydrogen-bond acceptors (Lipinski definition) is 6. The van der Waals surface area contributed by atoms with Crippen molar-refractivity contribution < 1.29 is 14.2 Å². The normalized spacial score (nSPS) is 20.3. The van der Waals surface area contributed by atoms with Crippen molar-refractivity contribution >= 4 is 34.4 Å². The van der Waals surface area contributed by atoms with Crippen LogP contribution in [0.2, 0.25) is 10.4 Å². The predicted molar refractivity (Wildman–Crippen MR) is 126 cm³/mol. The zero-order chi connectivity index (χ0) is 22.9. The lowest BCUT2D eigenvalue weighted by Crippen LogP contribution is -2.32. The van der Waals surface area contributed by atoms with Gasteiger partial charge in [0.2, 0.25) is 5.28 Å². The van der Waals surface area contributed by atoms with Gasteiger partial charge in [-0.2, -0.15) is 4.98 Å². The lowest BCUT2D eigenvalue weighted by Gasteiger charge is -2.20. The average Bonchev–Trinajstić information content (AvgIpc) is 3.39. The van der Waals surface area contributed by atoms with Gasteiger partial charge >= 0.3 is 0 Å². The fraction of sp³-hybridized carbons (Fsp3) is 0.292. The third kappa shape index (κ3) is 4.76. The molecule has 2 aromatic heterocycles. The SMILES string of the molecule is Cc1ccc(OC[C@@H]2O[C@H](n3cnc4nc(Cl)nc(Cl)c43)C[C@H]2Oc2ccc(C)cc2)cc1. The van der Waals surface area contributed by atoms with Crippen LogP contribution in [0.1, 0.15) is 23.8 Å². The van der Waals surface area contributed by atoms with Gasteiger partial charge in [-0.15, -0.1) is 0 Å². The largest absolute Gasteiger partial charge is 0.491 e. The molecule has 7 nitrogen and oxygen atoms in total. The molecule has 1 fully saturated rings. The Balaban J connectivity index is 1.40. The van der Waals surface area contributed by atoms with E-state index in [9.17, 15) is 0 Å². The zero-order valence-corrected chi connectivity index (χ0v) is 19.6. The van der Waals surface area contributed by atoms with Gasteiger partial charge in [-0.25, -0.2) is 9.97 Å². The third-order valence-electron chi connectivity index (χ3n) is 5.59. The van der Waals surface area contributed by atoms with Crippen molar-refractivity contribution in [2.24, 2.45) is 0 Å². The molecule has 4 aromatic rings. The third-order valence-corrected chi connectivity index (χ3v) is 6.03. The summed E-state index contributed by atoms with van der Waals surface area (Å²) in [5, 5.41) is 0.275. The molecule has 1 aliphatic rings. The smallest absolute Gasteiger partial charge is 0.225 e. The summed E-state index contributed by atoms with van der Waals surface area (Å²) < 4.78 is 20.5. The summed E-state index contributed by atoms with van der Waals surface area (Å²) in [5.41, 5.74) is 3.32. The number of aromatic nitrogens is 4. The van der Waals surface area contributed by atoms with Gasteiger partial charge in [-0.1, -0.05) is 47.0 Å². The fourth-order valence-corrected chi connectivity index (χ4v) is 4.32. The van der Waals surface area contributed by atoms with Gasteiger partial charge in [0, 0.05) is 6.42 Å². The summed E-state index contributed by atoms with van der Waals surface area (Å²) in [6.45, 7) is 4.41. The van der Waals surface area contributed by atoms with E-state index in [0.717, 1.165) is 11.5 Å². The maximum atomic E-state index is 6.38. The minimum atomic E-state index is -0.376. The summed E-state index contributed by atoms with van der Waals surface area (Å²) in [5.74, 6) is 1.56. The Bertz CT molecular complexity index is 1260. The van der Waals surface area contributed by atoms with Crippen LogP contribution in [0.25, 0.3) is 11.2 Å². The van der Waals surface area contributed by atoms with Crippen LogP contribution >= 0.6 is 23.2 Å². The molecule has 3 heterocycles. The molecule has 2 aromatic carbocycles. The van der Waals surface area contributed by atoms with E-state index in [0.29, 0.717) is 24.2 Å². The number of ether oxygens (including phenoxy) is 3. The molecule has 0 unspecified atom stereocenters. The molecular weight excluding hydrogens is 463 g/mol. The highest BCUT2D eigenvalue weighted by Crippen LogP contribution is 2.35. The van der Waals surface area contributed by atoms with E-state index >= 15 is 0 Å². The maximum absolute atomic E-state index is 6.38. The van der Waals surface area contributed by atoms with Crippen molar-refractivity contribution in [3.05, 3.63) is 76.4 Å². The van der Waals surface area contributed by atoms with Gasteiger partial charge in [0.05, 0.1) is 6.33 Å². The molecule has 3 atom stereocenters. The first-order valence-corrected chi connectivity index (χ1v) is 11.4. The summed E-state index contributed by atoms with van der Waals surface area (Å²) in [4.78, 5) is 12.5. The Labute approximate surface area is 201 Å². The molecule has 0 bridgehead atoms. The number of imidazole rings is 1. The number of aryl methyl sites for hydroxylation is 2. The number of hydrogen-bond donors (Lipinski definition) is 0. The van der Waals surface area contributed by atoms with E-state index in [1.54, 1.807) is 6.33 Å². The van der Waals surface area contributed by atoms with Gasteiger partial charge in [0.25, 0.3) is 0 Å². The predicted octanol–water partition coefficient (Wildman–Crippen LogP) is 5.56. The van der Waals surface area contributed by atoms with Crippen molar-refractivity contribution in [3.63, 3.8) is 0 Å². The van der Waals surface area contributed by atoms with E-state index in [-0.39, 0.29) is 28.9 Å². The lowest BCUT2D eigenvalue weighted by molar-refractivity contribution is -0.0340. The van der Waals surface area contributed by atoms with Gasteiger partial charge in [0.1, 0.15) is 42.1 Å². The molecular formula is C24H22Cl2N4O3. The highest BCUT2D eigenvalue weighted by molar-refractivity contribution is 6.35. The van der Waals surface area contributed by atoms with Crippen LogP contribution in [0.3, 0.4) is 0 Å². The summed E-state index contributed by atoms with van der Waals surface area (Å²) >= 11 is 12.3. The van der Waals surface area contributed by atoms with Gasteiger partial charge < -0.3 is 14.2 Å². The molecule has 0 amide bonds. The van der Waals surface area contributed by atoms with E-state index < -0.39 is 0 Å². The molecule has 1 saturated heterocycles. The summed E-state index contributed by atoms with van der Waals surface area (Å²) in [7, 11) is 0. The molecule has 1 aliphatic heterocycles. The van der Waals surface area contributed by atoms with Crippen molar-refractivity contribution in [3.8, 4) is 11.5 Å². The molecule has 0 radical (unpaired) electrons. The fourth-order valence-electron chi connectivity index (χ4n) is 3.85. The molecule has 0 saturated carbocycles. The average molecular weight is 485 g/mol. The second-order valence-electron chi connectivity index (χ2n) is 8.07. The highest BCUT2D eigenvalue weighted by atomic mass is 35.5. The Kier molecular flexibility index (Phi) is 6.10. The minimum Gasteiger partial charge on any atom is -0.491 e. The first-order valence-electron chi connectivity index (χ1n) is 10.6. The minimum absolute atomic E-state index is 0.0510. The molecule has 0 spiro atoms. The number of benzene rings is 2. The Morgan fingerprint density at radius 3 is 2.33 bits per heavy atom. The summed E-state index contributed by atoms with van der Waals surface area (Å²) in [6, 6.07) is 15.9. The molecule has 5 rings (SSSR count). The topological polar surface area (TPSA) is 71.3 Å². The standard InChI is InChI=1S/C24H22Cl2N4O3/c1-14-3-7-16(8-4-14)31-12-19-18(32-17-9-5-15(2)6-10-17)11-20(33-19)30-13-27-23-21(30)22(25)28-24(26)29-23/h3-10,13,18-20H,11-12H2,1-2H3/t18-,19+,20+/m1/s1. The molecule has 33 heavy (non-hydrogen) atoms. The number of halogens is 2. The Hall–Kier alpha value is -2.87. The van der Waals surface area contributed by atoms with Crippen LogP contribution in [0.4, 0.5) is 0 Å². The van der Waals surface area contributed by atoms with Crippen LogP contribution < -0.4 is 9.47 Å². The van der Waals surface area contributed by atoms with Crippen molar-refractivity contribution in [1.29, 1.82) is 0 Å². The summed E-state index contributed by atoms with van der Waals surface area (Å²) in [6.07, 6.45) is 1.27. The first kappa shape index (κ1) is 21.9. The van der Waals surface area contributed by atoms with E-state index in [2.05, 4.69) is 15.0 Å². The quantitative estimate of drug-likeness (QED) is 0.263. The van der Waals surface area contributed by atoms with Gasteiger partial charge in [-0.05, 0) is 49.7 Å². The van der Waals surface area contributed by atoms with E-state index in [1.807, 2.05) is 66.9 Å². The molecule has 0 N–H and O–H groups in total. The lowest BCUT2D eigenvalue weighted by atomic mass is 10.1. The van der Waals surface area contributed by atoms with Crippen molar-refractivity contribution in [2.75, 3.05) is 6.61 Å². The maximum Gasteiger partial charge on any atom is 0.225 e. The number of nitrogens with zero attached hydrogens (tertiary/aromatic N) is 4. The van der Waals surface area contributed by atoms with Gasteiger partial charge in [-0.3, -0.25) is 4.57 Å². The molecule has 0 aliphatic carbocycles. The first-order chi connectivity index (χ1) is 16.0. The van der Waals surface area contributed by atoms with Crippen molar-refractivity contribution in [2.45, 2.75) is 38.7 Å². The number of rotatable bonds is 6. The second-order valence-corrected chi connectivity index (χ2v) is 8.76. The van der Waals surface area contributed by atoms with E-state index in [4.69, 9.17) is 37.4 Å². The van der Waals surface area contributed by atoms with Crippen LogP contribution in [0.15, 0.2) is 54.9 Å².